The van der Waals surface area contributed by atoms with Crippen molar-refractivity contribution in [1.29, 1.82) is 0 Å². The van der Waals surface area contributed by atoms with Crippen molar-refractivity contribution >= 4 is 32.2 Å². The van der Waals surface area contributed by atoms with E-state index in [-0.39, 0.29) is 5.97 Å². The first-order valence-corrected chi connectivity index (χ1v) is 9.73. The minimum atomic E-state index is -0.625. The summed E-state index contributed by atoms with van der Waals surface area (Å²) in [7, 11) is 0. The summed E-state index contributed by atoms with van der Waals surface area (Å²) >= 11 is 4.01. The maximum atomic E-state index is 10.8. The van der Waals surface area contributed by atoms with Crippen LogP contribution in [0.4, 0.5) is 0 Å². The number of halogens is 1. The van der Waals surface area contributed by atoms with E-state index in [0.717, 1.165) is 5.21 Å². The largest absolute Gasteiger partial charge is 0.130 e. The van der Waals surface area contributed by atoms with Crippen LogP contribution in [0.5, 0.6) is 0 Å². The first kappa shape index (κ1) is 15.5. The third-order valence-electron chi connectivity index (χ3n) is 1.12. The van der Waals surface area contributed by atoms with Gasteiger partial charge < -0.3 is 0 Å². The molecule has 0 atom stereocenters. The monoisotopic (exact) mass is 268 g/mol. The molecule has 0 aromatic carbocycles. The summed E-state index contributed by atoms with van der Waals surface area (Å²) < 4.78 is 4.91. The van der Waals surface area contributed by atoms with Crippen molar-refractivity contribution in [1.82, 2.24) is 0 Å². The summed E-state index contributed by atoms with van der Waals surface area (Å²) in [6.45, 7) is 5.72. The van der Waals surface area contributed by atoms with Crippen molar-refractivity contribution in [3.63, 3.8) is 0 Å². The number of alkyl halides is 1. The summed E-state index contributed by atoms with van der Waals surface area (Å²) in [4.78, 5) is 10.8. The normalized spacial score (nSPS) is 8.77. The zero-order chi connectivity index (χ0) is 10.9. The van der Waals surface area contributed by atoms with E-state index in [1.165, 1.54) is 6.38 Å². The zero-order valence-electron chi connectivity index (χ0n) is 8.76. The molecule has 0 N–H and O–H groups in total. The Morgan fingerprint density at radius 2 is 1.92 bits per heavy atom. The molecule has 0 aromatic rings. The van der Waals surface area contributed by atoms with Gasteiger partial charge in [-0.15, -0.1) is 11.6 Å². The third kappa shape index (κ3) is 12.1. The molecule has 0 aliphatic rings. The average molecular weight is 269 g/mol. The molecule has 0 aliphatic carbocycles. The molecule has 4 heteroatoms. The van der Waals surface area contributed by atoms with E-state index in [4.69, 9.17) is 4.74 Å². The van der Waals surface area contributed by atoms with Gasteiger partial charge in [0.1, 0.15) is 0 Å². The van der Waals surface area contributed by atoms with Crippen LogP contribution in [0.2, 0.25) is 16.6 Å². The van der Waals surface area contributed by atoms with E-state index in [2.05, 4.69) is 29.6 Å². The van der Waals surface area contributed by atoms with Gasteiger partial charge >= 0.3 is 72.5 Å². The average Bonchev–Trinajstić information content (AvgIpc) is 2.07. The van der Waals surface area contributed by atoms with Gasteiger partial charge in [0.25, 0.3) is 0 Å². The van der Waals surface area contributed by atoms with Crippen molar-refractivity contribution in [2.75, 3.05) is 13.0 Å². The zero-order valence-corrected chi connectivity index (χ0v) is 11.4. The second-order valence-electron chi connectivity index (χ2n) is 2.72. The Labute approximate surface area is 90.6 Å². The topological polar surface area (TPSA) is 26.3 Å². The molecule has 0 fully saturated rings. The molecule has 0 bridgehead atoms. The Kier molecular flexibility index (Phi) is 12.1. The van der Waals surface area contributed by atoms with Crippen LogP contribution >= 0.6 is 11.6 Å². The number of hydrogen-bond donors (Lipinski definition) is 0. The van der Waals surface area contributed by atoms with Gasteiger partial charge in [-0.3, -0.25) is 0 Å². The Hall–Kier alpha value is 0.0584. The molecule has 0 saturated carbocycles. The molecule has 0 radical (unpaired) electrons. The van der Waals surface area contributed by atoms with Crippen molar-refractivity contribution in [3.8, 4) is 0 Å². The predicted octanol–water partition coefficient (Wildman–Crippen LogP) is 2.72. The molecule has 78 valence electrons. The summed E-state index contributed by atoms with van der Waals surface area (Å²) in [5.41, 5.74) is 4.96. The molecule has 13 heavy (non-hydrogen) atoms. The maximum Gasteiger partial charge on any atom is 0.0108 e. The standard InChI is InChI=1S/C8H15AsO2.CH3Cl/c1-7(2)8(10)11-6-5-9(3)4;1-2/h1,5-6H2,2-4H3;1H3. The van der Waals surface area contributed by atoms with E-state index < -0.39 is 14.7 Å². The van der Waals surface area contributed by atoms with Crippen LogP contribution < -0.4 is 0 Å². The van der Waals surface area contributed by atoms with Gasteiger partial charge in [-0.1, -0.05) is 0 Å². The van der Waals surface area contributed by atoms with E-state index >= 15 is 0 Å². The smallest absolute Gasteiger partial charge is 0.0108 e. The molecular weight excluding hydrogens is 250 g/mol. The van der Waals surface area contributed by atoms with Crippen LogP contribution in [-0.2, 0) is 9.53 Å². The molecule has 0 rings (SSSR count). The number of esters is 1. The number of ether oxygens (including phenoxy) is 1. The fourth-order valence-corrected chi connectivity index (χ4v) is 1.40. The number of rotatable bonds is 4. The number of carbonyl (C=O) groups excluding carboxylic acids is 1. The minimum Gasteiger partial charge on any atom is -0.130 e. The third-order valence-corrected chi connectivity index (χ3v) is 3.38. The molecule has 0 spiro atoms. The van der Waals surface area contributed by atoms with Gasteiger partial charge in [-0.05, 0) is 0 Å². The van der Waals surface area contributed by atoms with E-state index in [9.17, 15) is 4.79 Å². The van der Waals surface area contributed by atoms with E-state index in [1.54, 1.807) is 6.92 Å². The Morgan fingerprint density at radius 3 is 2.23 bits per heavy atom. The van der Waals surface area contributed by atoms with Crippen LogP contribution in [0.25, 0.3) is 0 Å². The van der Waals surface area contributed by atoms with Crippen LogP contribution in [0.1, 0.15) is 6.92 Å². The number of hydrogen-bond acceptors (Lipinski definition) is 2. The van der Waals surface area contributed by atoms with Gasteiger partial charge in [-0.25, -0.2) is 0 Å². The van der Waals surface area contributed by atoms with Gasteiger partial charge in [-0.2, -0.15) is 0 Å². The second-order valence-corrected chi connectivity index (χ2v) is 8.19. The quantitative estimate of drug-likeness (QED) is 0.339. The molecule has 0 saturated heterocycles. The van der Waals surface area contributed by atoms with Crippen LogP contribution in [0.3, 0.4) is 0 Å². The SMILES string of the molecule is C=C(C)C(=O)OCC[As](C)C.CCl. The number of carbonyl (C=O) groups is 1. The summed E-state index contributed by atoms with van der Waals surface area (Å²) in [6, 6.07) is 0. The summed E-state index contributed by atoms with van der Waals surface area (Å²) in [5, 5.41) is 1.06. The molecule has 0 unspecified atom stereocenters. The predicted molar refractivity (Wildman–Crippen MR) is 59.8 cm³/mol. The first-order chi connectivity index (χ1) is 6.04. The van der Waals surface area contributed by atoms with Gasteiger partial charge in [0.15, 0.2) is 0 Å². The second kappa shape index (κ2) is 10.1. The van der Waals surface area contributed by atoms with Crippen molar-refractivity contribution in [2.24, 2.45) is 0 Å². The van der Waals surface area contributed by atoms with E-state index in [1.807, 2.05) is 0 Å². The molecule has 0 amide bonds. The van der Waals surface area contributed by atoms with Crippen LogP contribution in [0, 0.1) is 0 Å². The van der Waals surface area contributed by atoms with Crippen molar-refractivity contribution in [2.45, 2.75) is 23.6 Å². The summed E-state index contributed by atoms with van der Waals surface area (Å²) in [6.07, 6.45) is 1.47. The van der Waals surface area contributed by atoms with Gasteiger partial charge in [0.2, 0.25) is 0 Å². The van der Waals surface area contributed by atoms with Crippen molar-refractivity contribution in [3.05, 3.63) is 12.2 Å². The Bertz CT molecular complexity index is 158. The van der Waals surface area contributed by atoms with Gasteiger partial charge in [0, 0.05) is 6.38 Å². The molecule has 0 heterocycles. The maximum absolute atomic E-state index is 10.8. The molecule has 2 nitrogen and oxygen atoms in total. The van der Waals surface area contributed by atoms with Crippen LogP contribution in [-0.4, -0.2) is 33.6 Å². The summed E-state index contributed by atoms with van der Waals surface area (Å²) in [5.74, 6) is -0.263. The van der Waals surface area contributed by atoms with Crippen molar-refractivity contribution < 1.29 is 9.53 Å². The first-order valence-electron chi connectivity index (χ1n) is 3.89. The van der Waals surface area contributed by atoms with Crippen LogP contribution in [0.15, 0.2) is 12.2 Å². The Balaban J connectivity index is 0. The van der Waals surface area contributed by atoms with E-state index in [0.29, 0.717) is 12.2 Å². The fourth-order valence-electron chi connectivity index (χ4n) is 0.444. The minimum absolute atomic E-state index is 0.263. The fraction of sp³-hybridized carbons (Fsp3) is 0.667. The molecule has 0 aliphatic heterocycles. The molecule has 0 aromatic heterocycles. The Morgan fingerprint density at radius 1 is 1.46 bits per heavy atom. The van der Waals surface area contributed by atoms with Gasteiger partial charge in [0.05, 0.1) is 0 Å². The molecular formula is C9H18AsClO2.